The minimum absolute atomic E-state index is 0.365. The van der Waals surface area contributed by atoms with E-state index in [0.29, 0.717) is 6.42 Å². The summed E-state index contributed by atoms with van der Waals surface area (Å²) in [7, 11) is 0. The van der Waals surface area contributed by atoms with Crippen molar-refractivity contribution in [2.24, 2.45) is 5.92 Å². The molecule has 1 saturated carbocycles. The van der Waals surface area contributed by atoms with Crippen LogP contribution in [0.25, 0.3) is 0 Å². The molecule has 2 aliphatic rings. The van der Waals surface area contributed by atoms with E-state index in [1.165, 1.54) is 0 Å². The van der Waals surface area contributed by atoms with E-state index in [2.05, 4.69) is 5.32 Å². The van der Waals surface area contributed by atoms with Gasteiger partial charge in [-0.05, 0) is 32.2 Å². The Kier molecular flexibility index (Phi) is 3.60. The monoisotopic (exact) mass is 217 g/mol. The summed E-state index contributed by atoms with van der Waals surface area (Å²) < 4.78 is 28.3. The molecule has 1 aliphatic carbocycles. The Hall–Kier alpha value is -0.180. The van der Waals surface area contributed by atoms with Crippen molar-refractivity contribution in [1.82, 2.24) is 5.32 Å². The van der Waals surface area contributed by atoms with Gasteiger partial charge in [-0.3, -0.25) is 0 Å². The maximum absolute atomic E-state index is 14.1. The van der Waals surface area contributed by atoms with Crippen LogP contribution in [-0.4, -0.2) is 18.5 Å². The largest absolute Gasteiger partial charge is 0.309 e. The molecule has 2 rings (SSSR count). The Balaban J connectivity index is 1.98. The maximum atomic E-state index is 14.1. The highest BCUT2D eigenvalue weighted by molar-refractivity contribution is 4.92. The molecule has 1 atom stereocenters. The molecule has 1 N–H and O–H groups in total. The van der Waals surface area contributed by atoms with Gasteiger partial charge >= 0.3 is 0 Å². The van der Waals surface area contributed by atoms with Crippen LogP contribution in [0.3, 0.4) is 0 Å². The second-order valence-corrected chi connectivity index (χ2v) is 5.01. The van der Waals surface area contributed by atoms with Crippen LogP contribution in [0, 0.1) is 5.92 Å². The van der Waals surface area contributed by atoms with Gasteiger partial charge in [0.25, 0.3) is 5.92 Å². The SMILES string of the molecule is FC(F)(C1CCCCCC1)C1CCCN1. The highest BCUT2D eigenvalue weighted by atomic mass is 19.3. The summed E-state index contributed by atoms with van der Waals surface area (Å²) in [6, 6.07) is -0.541. The van der Waals surface area contributed by atoms with Gasteiger partial charge in [-0.15, -0.1) is 0 Å². The first kappa shape index (κ1) is 11.3. The minimum atomic E-state index is -2.47. The summed E-state index contributed by atoms with van der Waals surface area (Å²) >= 11 is 0. The highest BCUT2D eigenvalue weighted by Gasteiger charge is 2.47. The number of nitrogens with one attached hydrogen (secondary N) is 1. The number of hydrogen-bond acceptors (Lipinski definition) is 1. The fraction of sp³-hybridized carbons (Fsp3) is 1.00. The Morgan fingerprint density at radius 2 is 1.53 bits per heavy atom. The molecule has 1 unspecified atom stereocenters. The van der Waals surface area contributed by atoms with Crippen LogP contribution in [0.1, 0.15) is 51.4 Å². The van der Waals surface area contributed by atoms with E-state index < -0.39 is 12.0 Å². The summed E-state index contributed by atoms with van der Waals surface area (Å²) in [5.41, 5.74) is 0. The van der Waals surface area contributed by atoms with E-state index in [4.69, 9.17) is 0 Å². The van der Waals surface area contributed by atoms with Gasteiger partial charge in [0.1, 0.15) is 0 Å². The van der Waals surface area contributed by atoms with Crippen LogP contribution in [0.2, 0.25) is 0 Å². The molecule has 1 heterocycles. The lowest BCUT2D eigenvalue weighted by atomic mass is 9.88. The van der Waals surface area contributed by atoms with E-state index >= 15 is 0 Å². The third-order valence-corrected chi connectivity index (χ3v) is 3.92. The molecule has 3 heteroatoms. The van der Waals surface area contributed by atoms with E-state index in [-0.39, 0.29) is 5.92 Å². The molecule has 0 radical (unpaired) electrons. The van der Waals surface area contributed by atoms with Gasteiger partial charge < -0.3 is 5.32 Å². The molecule has 2 fully saturated rings. The van der Waals surface area contributed by atoms with E-state index in [9.17, 15) is 8.78 Å². The third-order valence-electron chi connectivity index (χ3n) is 3.92. The average Bonchev–Trinajstić information content (AvgIpc) is 2.61. The van der Waals surface area contributed by atoms with Crippen molar-refractivity contribution >= 4 is 0 Å². The zero-order valence-electron chi connectivity index (χ0n) is 9.27. The summed E-state index contributed by atoms with van der Waals surface area (Å²) in [4.78, 5) is 0. The standard InChI is InChI=1S/C12H21F2N/c13-12(14,11-8-5-9-15-11)10-6-3-1-2-4-7-10/h10-11,15H,1-9H2. The van der Waals surface area contributed by atoms with Crippen LogP contribution in [-0.2, 0) is 0 Å². The molecule has 0 aromatic rings. The van der Waals surface area contributed by atoms with Gasteiger partial charge in [0.2, 0.25) is 0 Å². The molecule has 15 heavy (non-hydrogen) atoms. The van der Waals surface area contributed by atoms with Crippen molar-refractivity contribution in [2.75, 3.05) is 6.54 Å². The first-order valence-corrected chi connectivity index (χ1v) is 6.32. The summed E-state index contributed by atoms with van der Waals surface area (Å²) in [6.45, 7) is 0.771. The Morgan fingerprint density at radius 1 is 0.867 bits per heavy atom. The van der Waals surface area contributed by atoms with Crippen molar-refractivity contribution in [3.63, 3.8) is 0 Å². The molecule has 0 spiro atoms. The smallest absolute Gasteiger partial charge is 0.265 e. The van der Waals surface area contributed by atoms with Crippen molar-refractivity contribution in [3.05, 3.63) is 0 Å². The van der Waals surface area contributed by atoms with Gasteiger partial charge in [-0.25, -0.2) is 8.78 Å². The van der Waals surface area contributed by atoms with Crippen LogP contribution in [0.5, 0.6) is 0 Å². The first-order chi connectivity index (χ1) is 7.21. The number of hydrogen-bond donors (Lipinski definition) is 1. The molecule has 0 aromatic heterocycles. The first-order valence-electron chi connectivity index (χ1n) is 6.32. The number of alkyl halides is 2. The third kappa shape index (κ3) is 2.49. The molecule has 0 aromatic carbocycles. The van der Waals surface area contributed by atoms with Crippen molar-refractivity contribution in [2.45, 2.75) is 63.3 Å². The van der Waals surface area contributed by atoms with E-state index in [0.717, 1.165) is 51.5 Å². The Labute approximate surface area is 90.6 Å². The molecular weight excluding hydrogens is 196 g/mol. The summed E-state index contributed by atoms with van der Waals surface area (Å²) in [6.07, 6.45) is 7.29. The van der Waals surface area contributed by atoms with Gasteiger partial charge in [-0.1, -0.05) is 25.7 Å². The fourth-order valence-corrected chi connectivity index (χ4v) is 2.96. The van der Waals surface area contributed by atoms with Gasteiger partial charge in [0.05, 0.1) is 6.04 Å². The molecule has 1 saturated heterocycles. The van der Waals surface area contributed by atoms with E-state index in [1.807, 2.05) is 0 Å². The molecular formula is C12H21F2N. The topological polar surface area (TPSA) is 12.0 Å². The highest BCUT2D eigenvalue weighted by Crippen LogP contribution is 2.40. The Morgan fingerprint density at radius 3 is 2.07 bits per heavy atom. The lowest BCUT2D eigenvalue weighted by molar-refractivity contribution is -0.0897. The number of halogens is 2. The summed E-state index contributed by atoms with van der Waals surface area (Å²) in [5.74, 6) is -2.84. The lowest BCUT2D eigenvalue weighted by Gasteiger charge is -2.31. The predicted octanol–water partition coefficient (Wildman–Crippen LogP) is 3.34. The van der Waals surface area contributed by atoms with Crippen LogP contribution < -0.4 is 5.32 Å². The zero-order chi connectivity index (χ0) is 10.7. The van der Waals surface area contributed by atoms with Crippen LogP contribution >= 0.6 is 0 Å². The van der Waals surface area contributed by atoms with E-state index in [1.54, 1.807) is 0 Å². The van der Waals surface area contributed by atoms with Crippen LogP contribution in [0.15, 0.2) is 0 Å². The van der Waals surface area contributed by atoms with Crippen molar-refractivity contribution in [3.8, 4) is 0 Å². The second kappa shape index (κ2) is 4.77. The molecule has 88 valence electrons. The molecule has 1 nitrogen and oxygen atoms in total. The zero-order valence-corrected chi connectivity index (χ0v) is 9.27. The second-order valence-electron chi connectivity index (χ2n) is 5.01. The number of rotatable bonds is 2. The quantitative estimate of drug-likeness (QED) is 0.699. The predicted molar refractivity (Wildman–Crippen MR) is 57.2 cm³/mol. The van der Waals surface area contributed by atoms with Crippen molar-refractivity contribution < 1.29 is 8.78 Å². The lowest BCUT2D eigenvalue weighted by Crippen LogP contribution is -2.46. The van der Waals surface area contributed by atoms with Gasteiger partial charge in [-0.2, -0.15) is 0 Å². The Bertz CT molecular complexity index is 192. The van der Waals surface area contributed by atoms with Gasteiger partial charge in [0, 0.05) is 5.92 Å². The van der Waals surface area contributed by atoms with Crippen molar-refractivity contribution in [1.29, 1.82) is 0 Å². The average molecular weight is 217 g/mol. The normalized spacial score (nSPS) is 30.4. The summed E-state index contributed by atoms with van der Waals surface area (Å²) in [5, 5.41) is 2.96. The fourth-order valence-electron chi connectivity index (χ4n) is 2.96. The molecule has 0 bridgehead atoms. The molecule has 1 aliphatic heterocycles. The van der Waals surface area contributed by atoms with Gasteiger partial charge in [0.15, 0.2) is 0 Å². The minimum Gasteiger partial charge on any atom is -0.309 e. The molecule has 0 amide bonds. The maximum Gasteiger partial charge on any atom is 0.265 e. The van der Waals surface area contributed by atoms with Crippen LogP contribution in [0.4, 0.5) is 8.78 Å².